The number of carbonyl (C=O) groups excluding carboxylic acids is 1. The van der Waals surface area contributed by atoms with Gasteiger partial charge in [-0.25, -0.2) is 9.18 Å². The van der Waals surface area contributed by atoms with Gasteiger partial charge in [-0.1, -0.05) is 115 Å². The molecule has 0 radical (unpaired) electrons. The maximum absolute atomic E-state index is 15.0. The standard InChI is InChI=1S/C60H69FN2O9/c1-5-34-69-60-55(63(40-42-22-26-47(61)27-23-42)58(66)68-36-35-67-41-43-16-8-6-9-17-43)39-53(62-72-59(2,3)4)51-37-46(20-12-14-32-64)50(21-13-15-33-65)56(57(51)60)52-38-49(30-31-54(52)71-60)70-48-28-24-45(25-29-48)44-18-10-7-11-19-44/h5-11,16-19,22-31,37-38,46,50,55-57,64-65H,1,12-15,20-21,32-36,39-41H2,2-4H3. The van der Waals surface area contributed by atoms with Gasteiger partial charge in [0.2, 0.25) is 5.79 Å². The van der Waals surface area contributed by atoms with E-state index in [-0.39, 0.29) is 63.8 Å². The average Bonchev–Trinajstić information content (AvgIpc) is 3.39. The quantitative estimate of drug-likeness (QED) is 0.0373. The highest BCUT2D eigenvalue weighted by atomic mass is 19.1. The van der Waals surface area contributed by atoms with Crippen molar-refractivity contribution in [2.24, 2.45) is 22.9 Å². The molecule has 2 aliphatic carbocycles. The SMILES string of the molecule is C=CCOC12Oc3ccc(Oc4ccc(-c5ccccc5)cc4)cc3C3C(CCCCO)C(CCCCO)C=C(C(=NOC(C)(C)C)CC1N(Cc1ccc(F)cc1)C(=O)OCCOCc1ccccc1)C32. The van der Waals surface area contributed by atoms with Crippen molar-refractivity contribution in [1.29, 1.82) is 0 Å². The van der Waals surface area contributed by atoms with Gasteiger partial charge in [0.25, 0.3) is 0 Å². The molecule has 6 atom stereocenters. The van der Waals surface area contributed by atoms with Crippen molar-refractivity contribution >= 4 is 11.8 Å². The van der Waals surface area contributed by atoms with E-state index in [1.54, 1.807) is 23.1 Å². The zero-order chi connectivity index (χ0) is 50.5. The van der Waals surface area contributed by atoms with Crippen LogP contribution in [0.4, 0.5) is 9.18 Å². The number of halogens is 1. The van der Waals surface area contributed by atoms with Crippen LogP contribution >= 0.6 is 0 Å². The van der Waals surface area contributed by atoms with Crippen molar-refractivity contribution in [3.05, 3.63) is 174 Å². The van der Waals surface area contributed by atoms with Crippen molar-refractivity contribution in [2.75, 3.05) is 33.0 Å². The van der Waals surface area contributed by atoms with E-state index < -0.39 is 35.3 Å². The molecule has 0 saturated heterocycles. The molecule has 0 bridgehead atoms. The molecule has 1 amide bonds. The minimum absolute atomic E-state index is 0.0125. The van der Waals surface area contributed by atoms with Crippen LogP contribution in [0.3, 0.4) is 0 Å². The van der Waals surface area contributed by atoms with E-state index >= 15 is 4.79 Å². The maximum Gasteiger partial charge on any atom is 0.410 e. The minimum Gasteiger partial charge on any atom is -0.459 e. The third-order valence-corrected chi connectivity index (χ3v) is 13.7. The molecular formula is C60H69FN2O9. The second-order valence-corrected chi connectivity index (χ2v) is 19.9. The molecule has 12 heteroatoms. The van der Waals surface area contributed by atoms with Gasteiger partial charge in [0.15, 0.2) is 0 Å². The smallest absolute Gasteiger partial charge is 0.410 e. The number of oxime groups is 1. The molecular weight excluding hydrogens is 912 g/mol. The van der Waals surface area contributed by atoms with Crippen molar-refractivity contribution in [1.82, 2.24) is 4.90 Å². The monoisotopic (exact) mass is 980 g/mol. The molecule has 5 aromatic carbocycles. The van der Waals surface area contributed by atoms with E-state index in [2.05, 4.69) is 30.9 Å². The van der Waals surface area contributed by atoms with Gasteiger partial charge in [0, 0.05) is 37.7 Å². The first kappa shape index (κ1) is 52.0. The molecule has 72 heavy (non-hydrogen) atoms. The fraction of sp³-hybridized carbons (Fsp3) is 0.400. The molecule has 1 saturated carbocycles. The van der Waals surface area contributed by atoms with Crippen LogP contribution in [-0.4, -0.2) is 77.4 Å². The van der Waals surface area contributed by atoms with E-state index in [0.717, 1.165) is 53.5 Å². The van der Waals surface area contributed by atoms with E-state index in [1.165, 1.54) is 12.1 Å². The summed E-state index contributed by atoms with van der Waals surface area (Å²) in [6.45, 7) is 10.6. The first-order valence-corrected chi connectivity index (χ1v) is 25.4. The summed E-state index contributed by atoms with van der Waals surface area (Å²) >= 11 is 0. The van der Waals surface area contributed by atoms with Gasteiger partial charge in [0.05, 0.1) is 31.5 Å². The summed E-state index contributed by atoms with van der Waals surface area (Å²) in [5, 5.41) is 25.1. The Labute approximate surface area is 423 Å². The summed E-state index contributed by atoms with van der Waals surface area (Å²) in [6, 6.07) is 39.1. The van der Waals surface area contributed by atoms with Gasteiger partial charge < -0.3 is 38.7 Å². The van der Waals surface area contributed by atoms with Crippen LogP contribution in [-0.2, 0) is 32.2 Å². The normalized spacial score (nSPS) is 21.7. The molecule has 0 spiro atoms. The number of amides is 1. The number of hydrogen-bond acceptors (Lipinski definition) is 10. The molecule has 1 fully saturated rings. The third-order valence-electron chi connectivity index (χ3n) is 13.7. The summed E-state index contributed by atoms with van der Waals surface area (Å²) in [5.74, 6) is -0.930. The molecule has 2 N–H and O–H groups in total. The number of ether oxygens (including phenoxy) is 5. The molecule has 1 aliphatic heterocycles. The number of carbonyl (C=O) groups is 1. The van der Waals surface area contributed by atoms with Crippen LogP contribution in [0, 0.1) is 23.6 Å². The van der Waals surface area contributed by atoms with E-state index in [4.69, 9.17) is 33.7 Å². The summed E-state index contributed by atoms with van der Waals surface area (Å²) < 4.78 is 47.8. The van der Waals surface area contributed by atoms with Crippen LogP contribution in [0.1, 0.15) is 88.3 Å². The summed E-state index contributed by atoms with van der Waals surface area (Å²) in [6.07, 6.45) is 7.89. The fourth-order valence-corrected chi connectivity index (χ4v) is 10.5. The Bertz CT molecular complexity index is 2600. The number of allylic oxidation sites excluding steroid dienone is 1. The van der Waals surface area contributed by atoms with Crippen LogP contribution in [0.15, 0.2) is 157 Å². The van der Waals surface area contributed by atoms with Crippen molar-refractivity contribution in [3.8, 4) is 28.4 Å². The first-order chi connectivity index (χ1) is 35.0. The molecule has 11 nitrogen and oxygen atoms in total. The zero-order valence-electron chi connectivity index (χ0n) is 41.8. The Hall–Kier alpha value is -6.31. The second-order valence-electron chi connectivity index (χ2n) is 19.9. The van der Waals surface area contributed by atoms with Gasteiger partial charge in [0.1, 0.15) is 41.3 Å². The first-order valence-electron chi connectivity index (χ1n) is 25.4. The predicted octanol–water partition coefficient (Wildman–Crippen LogP) is 12.6. The Morgan fingerprint density at radius 2 is 1.51 bits per heavy atom. The number of benzene rings is 5. The highest BCUT2D eigenvalue weighted by Crippen LogP contribution is 2.62. The molecule has 8 rings (SSSR count). The molecule has 5 aromatic rings. The molecule has 3 aliphatic rings. The lowest BCUT2D eigenvalue weighted by Gasteiger charge is -2.60. The van der Waals surface area contributed by atoms with Gasteiger partial charge in [-0.15, -0.1) is 6.58 Å². The largest absolute Gasteiger partial charge is 0.459 e. The lowest BCUT2D eigenvalue weighted by Crippen LogP contribution is -2.70. The van der Waals surface area contributed by atoms with Crippen LogP contribution in [0.25, 0.3) is 11.1 Å². The van der Waals surface area contributed by atoms with Gasteiger partial charge in [-0.3, -0.25) is 4.90 Å². The Balaban J connectivity index is 1.26. The lowest BCUT2D eigenvalue weighted by atomic mass is 9.55. The molecule has 0 aromatic heterocycles. The molecule has 380 valence electrons. The van der Waals surface area contributed by atoms with Crippen molar-refractivity contribution < 1.29 is 47.9 Å². The Morgan fingerprint density at radius 3 is 2.21 bits per heavy atom. The molecule has 1 heterocycles. The fourth-order valence-electron chi connectivity index (χ4n) is 10.5. The van der Waals surface area contributed by atoms with Crippen molar-refractivity contribution in [2.45, 2.75) is 102 Å². The number of nitrogens with zero attached hydrogens (tertiary/aromatic N) is 2. The number of rotatable bonds is 23. The summed E-state index contributed by atoms with van der Waals surface area (Å²) in [7, 11) is 0. The average molecular weight is 981 g/mol. The van der Waals surface area contributed by atoms with Crippen LogP contribution < -0.4 is 9.47 Å². The summed E-state index contributed by atoms with van der Waals surface area (Å²) in [4.78, 5) is 22.9. The maximum atomic E-state index is 15.0. The number of aliphatic hydroxyl groups is 2. The predicted molar refractivity (Wildman–Crippen MR) is 277 cm³/mol. The topological polar surface area (TPSA) is 129 Å². The van der Waals surface area contributed by atoms with E-state index in [1.807, 2.05) is 106 Å². The highest BCUT2D eigenvalue weighted by Gasteiger charge is 2.66. The second kappa shape index (κ2) is 24.4. The van der Waals surface area contributed by atoms with Crippen LogP contribution in [0.5, 0.6) is 17.2 Å². The van der Waals surface area contributed by atoms with Gasteiger partial charge in [-0.05, 0) is 129 Å². The van der Waals surface area contributed by atoms with Crippen LogP contribution in [0.2, 0.25) is 0 Å². The van der Waals surface area contributed by atoms with Gasteiger partial charge >= 0.3 is 6.09 Å². The van der Waals surface area contributed by atoms with E-state index in [0.29, 0.717) is 48.0 Å². The van der Waals surface area contributed by atoms with E-state index in [9.17, 15) is 14.6 Å². The number of fused-ring (bicyclic) bond motifs is 2. The number of aliphatic hydroxyl groups excluding tert-OH is 2. The highest BCUT2D eigenvalue weighted by molar-refractivity contribution is 6.03. The summed E-state index contributed by atoms with van der Waals surface area (Å²) in [5.41, 5.74) is 5.65. The minimum atomic E-state index is -1.55. The van der Waals surface area contributed by atoms with Gasteiger partial charge in [-0.2, -0.15) is 0 Å². The third kappa shape index (κ3) is 12.6. The molecule has 6 unspecified atom stereocenters. The number of hydrogen-bond donors (Lipinski definition) is 2. The zero-order valence-corrected chi connectivity index (χ0v) is 41.8. The van der Waals surface area contributed by atoms with Crippen molar-refractivity contribution in [3.63, 3.8) is 0 Å². The Morgan fingerprint density at radius 1 is 0.833 bits per heavy atom. The lowest BCUT2D eigenvalue weighted by molar-refractivity contribution is -0.256. The Kier molecular flexibility index (Phi) is 17.6. The number of unbranched alkanes of at least 4 members (excludes halogenated alkanes) is 2.